The van der Waals surface area contributed by atoms with Crippen LogP contribution >= 0.6 is 0 Å². The second-order valence-electron chi connectivity index (χ2n) is 4.55. The minimum Gasteiger partial charge on any atom is -0.491 e. The number of aliphatic hydroxyl groups excluding tert-OH is 1. The SMILES string of the molecule is COCc1cccc(OCC(O)c2cccc(F)c2F)c1. The Hall–Kier alpha value is -1.98. The van der Waals surface area contributed by atoms with Crippen LogP contribution in [0.5, 0.6) is 5.75 Å². The van der Waals surface area contributed by atoms with Gasteiger partial charge in [0.15, 0.2) is 11.6 Å². The van der Waals surface area contributed by atoms with E-state index in [0.29, 0.717) is 12.4 Å². The summed E-state index contributed by atoms with van der Waals surface area (Å²) in [6, 6.07) is 10.8. The van der Waals surface area contributed by atoms with E-state index >= 15 is 0 Å². The van der Waals surface area contributed by atoms with Crippen molar-refractivity contribution in [1.82, 2.24) is 0 Å². The second-order valence-corrected chi connectivity index (χ2v) is 4.55. The first-order valence-electron chi connectivity index (χ1n) is 6.44. The first kappa shape index (κ1) is 15.4. The fraction of sp³-hybridized carbons (Fsp3) is 0.250. The van der Waals surface area contributed by atoms with E-state index in [0.717, 1.165) is 11.6 Å². The van der Waals surface area contributed by atoms with Crippen molar-refractivity contribution in [2.75, 3.05) is 13.7 Å². The lowest BCUT2D eigenvalue weighted by Crippen LogP contribution is -2.12. The highest BCUT2D eigenvalue weighted by Crippen LogP contribution is 2.21. The molecule has 3 nitrogen and oxygen atoms in total. The smallest absolute Gasteiger partial charge is 0.164 e. The van der Waals surface area contributed by atoms with Gasteiger partial charge < -0.3 is 14.6 Å². The molecule has 0 aromatic heterocycles. The molecule has 21 heavy (non-hydrogen) atoms. The van der Waals surface area contributed by atoms with Gasteiger partial charge in [-0.15, -0.1) is 0 Å². The number of aliphatic hydroxyl groups is 1. The van der Waals surface area contributed by atoms with Crippen molar-refractivity contribution in [3.63, 3.8) is 0 Å². The summed E-state index contributed by atoms with van der Waals surface area (Å²) in [6.07, 6.45) is -1.24. The average Bonchev–Trinajstić information content (AvgIpc) is 2.48. The van der Waals surface area contributed by atoms with Gasteiger partial charge in [-0.25, -0.2) is 8.78 Å². The van der Waals surface area contributed by atoms with E-state index in [2.05, 4.69) is 0 Å². The molecule has 2 rings (SSSR count). The number of rotatable bonds is 6. The van der Waals surface area contributed by atoms with Gasteiger partial charge in [-0.2, -0.15) is 0 Å². The van der Waals surface area contributed by atoms with Crippen LogP contribution in [0.4, 0.5) is 8.78 Å². The predicted molar refractivity (Wildman–Crippen MR) is 74.0 cm³/mol. The molecule has 0 aliphatic rings. The molecule has 112 valence electrons. The maximum Gasteiger partial charge on any atom is 0.164 e. The van der Waals surface area contributed by atoms with Gasteiger partial charge in [-0.05, 0) is 23.8 Å². The summed E-state index contributed by atoms with van der Waals surface area (Å²) in [5.74, 6) is -1.52. The molecule has 0 saturated heterocycles. The number of hydrogen-bond donors (Lipinski definition) is 1. The third-order valence-corrected chi connectivity index (χ3v) is 2.96. The molecule has 1 N–H and O–H groups in total. The van der Waals surface area contributed by atoms with E-state index in [1.807, 2.05) is 6.07 Å². The van der Waals surface area contributed by atoms with Crippen LogP contribution in [-0.4, -0.2) is 18.8 Å². The second kappa shape index (κ2) is 7.15. The van der Waals surface area contributed by atoms with E-state index in [4.69, 9.17) is 9.47 Å². The lowest BCUT2D eigenvalue weighted by atomic mass is 10.1. The van der Waals surface area contributed by atoms with Crippen molar-refractivity contribution < 1.29 is 23.4 Å². The number of halogens is 2. The summed E-state index contributed by atoms with van der Waals surface area (Å²) in [4.78, 5) is 0. The summed E-state index contributed by atoms with van der Waals surface area (Å²) in [5, 5.41) is 9.90. The molecule has 1 atom stereocenters. The minimum absolute atomic E-state index is 0.122. The average molecular weight is 294 g/mol. The van der Waals surface area contributed by atoms with Crippen molar-refractivity contribution in [2.45, 2.75) is 12.7 Å². The van der Waals surface area contributed by atoms with Gasteiger partial charge in [0.1, 0.15) is 18.5 Å². The maximum atomic E-state index is 13.5. The molecular formula is C16H16F2O3. The van der Waals surface area contributed by atoms with Crippen molar-refractivity contribution in [1.29, 1.82) is 0 Å². The Balaban J connectivity index is 2.02. The molecule has 0 amide bonds. The van der Waals surface area contributed by atoms with Gasteiger partial charge in [0.25, 0.3) is 0 Å². The molecule has 5 heteroatoms. The maximum absolute atomic E-state index is 13.5. The summed E-state index contributed by atoms with van der Waals surface area (Å²) in [6.45, 7) is 0.273. The highest BCUT2D eigenvalue weighted by molar-refractivity contribution is 5.28. The third-order valence-electron chi connectivity index (χ3n) is 2.96. The van der Waals surface area contributed by atoms with Gasteiger partial charge in [0.05, 0.1) is 6.61 Å². The standard InChI is InChI=1S/C16H16F2O3/c1-20-9-11-4-2-5-12(8-11)21-10-15(19)13-6-3-7-14(17)16(13)18/h2-8,15,19H,9-10H2,1H3. The van der Waals surface area contributed by atoms with Gasteiger partial charge in [-0.1, -0.05) is 24.3 Å². The highest BCUT2D eigenvalue weighted by atomic mass is 19.2. The lowest BCUT2D eigenvalue weighted by Gasteiger charge is -2.14. The number of benzene rings is 2. The third kappa shape index (κ3) is 4.00. The van der Waals surface area contributed by atoms with Crippen LogP contribution in [0.3, 0.4) is 0 Å². The Bertz CT molecular complexity index is 602. The molecule has 0 bridgehead atoms. The molecule has 0 spiro atoms. The number of methoxy groups -OCH3 is 1. The van der Waals surface area contributed by atoms with Crippen LogP contribution in [0.2, 0.25) is 0 Å². The van der Waals surface area contributed by atoms with Crippen LogP contribution in [-0.2, 0) is 11.3 Å². The van der Waals surface area contributed by atoms with E-state index in [-0.39, 0.29) is 12.2 Å². The fourth-order valence-corrected chi connectivity index (χ4v) is 1.93. The summed E-state index contributed by atoms with van der Waals surface area (Å²) in [7, 11) is 1.59. The molecule has 0 radical (unpaired) electrons. The Labute approximate surface area is 121 Å². The van der Waals surface area contributed by atoms with E-state index in [1.54, 1.807) is 25.3 Å². The Kier molecular flexibility index (Phi) is 5.25. The van der Waals surface area contributed by atoms with E-state index in [9.17, 15) is 13.9 Å². The highest BCUT2D eigenvalue weighted by Gasteiger charge is 2.16. The number of hydrogen-bond acceptors (Lipinski definition) is 3. The minimum atomic E-state index is -1.24. The van der Waals surface area contributed by atoms with E-state index in [1.165, 1.54) is 12.1 Å². The fourth-order valence-electron chi connectivity index (χ4n) is 1.93. The molecule has 0 heterocycles. The molecule has 1 unspecified atom stereocenters. The van der Waals surface area contributed by atoms with Crippen LogP contribution in [0.15, 0.2) is 42.5 Å². The van der Waals surface area contributed by atoms with E-state index < -0.39 is 17.7 Å². The van der Waals surface area contributed by atoms with Crippen LogP contribution in [0, 0.1) is 11.6 Å². The monoisotopic (exact) mass is 294 g/mol. The molecule has 2 aromatic carbocycles. The molecule has 0 fully saturated rings. The summed E-state index contributed by atoms with van der Waals surface area (Å²) >= 11 is 0. The van der Waals surface area contributed by atoms with Crippen LogP contribution < -0.4 is 4.74 Å². The topological polar surface area (TPSA) is 38.7 Å². The van der Waals surface area contributed by atoms with Crippen molar-refractivity contribution in [3.8, 4) is 5.75 Å². The molecule has 0 aliphatic carbocycles. The summed E-state index contributed by atoms with van der Waals surface area (Å²) in [5.41, 5.74) is 0.796. The Morgan fingerprint density at radius 1 is 1.14 bits per heavy atom. The van der Waals surface area contributed by atoms with Gasteiger partial charge in [0.2, 0.25) is 0 Å². The Morgan fingerprint density at radius 2 is 1.90 bits per heavy atom. The molecule has 2 aromatic rings. The molecule has 0 aliphatic heterocycles. The first-order chi connectivity index (χ1) is 10.1. The van der Waals surface area contributed by atoms with Crippen molar-refractivity contribution >= 4 is 0 Å². The normalized spacial score (nSPS) is 12.2. The van der Waals surface area contributed by atoms with Crippen LogP contribution in [0.1, 0.15) is 17.2 Å². The quantitative estimate of drug-likeness (QED) is 0.889. The van der Waals surface area contributed by atoms with Gasteiger partial charge >= 0.3 is 0 Å². The zero-order valence-electron chi connectivity index (χ0n) is 11.6. The lowest BCUT2D eigenvalue weighted by molar-refractivity contribution is 0.104. The largest absolute Gasteiger partial charge is 0.491 e. The van der Waals surface area contributed by atoms with Gasteiger partial charge in [0, 0.05) is 12.7 Å². The molecular weight excluding hydrogens is 278 g/mol. The predicted octanol–water partition coefficient (Wildman–Crippen LogP) is 3.22. The van der Waals surface area contributed by atoms with Gasteiger partial charge in [-0.3, -0.25) is 0 Å². The van der Waals surface area contributed by atoms with Crippen molar-refractivity contribution in [2.24, 2.45) is 0 Å². The van der Waals surface area contributed by atoms with Crippen LogP contribution in [0.25, 0.3) is 0 Å². The first-order valence-corrected chi connectivity index (χ1v) is 6.44. The zero-order valence-corrected chi connectivity index (χ0v) is 11.6. The summed E-state index contributed by atoms with van der Waals surface area (Å²) < 4.78 is 37.1. The Morgan fingerprint density at radius 3 is 2.67 bits per heavy atom. The number of ether oxygens (including phenoxy) is 2. The zero-order chi connectivity index (χ0) is 15.2. The molecule has 0 saturated carbocycles. The van der Waals surface area contributed by atoms with Crippen molar-refractivity contribution in [3.05, 3.63) is 65.2 Å².